The molecule has 0 bridgehead atoms. The molecule has 8 nitrogen and oxygen atoms in total. The smallest absolute Gasteiger partial charge is 0.341 e. The van der Waals surface area contributed by atoms with Crippen molar-refractivity contribution in [3.05, 3.63) is 47.3 Å². The van der Waals surface area contributed by atoms with Crippen LogP contribution in [0.5, 0.6) is 0 Å². The summed E-state index contributed by atoms with van der Waals surface area (Å²) in [6.07, 6.45) is 1.50. The van der Waals surface area contributed by atoms with Crippen molar-refractivity contribution in [1.82, 2.24) is 19.6 Å². The number of esters is 1. The summed E-state index contributed by atoms with van der Waals surface area (Å²) < 4.78 is 6.71. The normalized spacial score (nSPS) is 15.5. The maximum atomic E-state index is 12.9. The summed E-state index contributed by atoms with van der Waals surface area (Å²) in [5, 5.41) is 13.7. The van der Waals surface area contributed by atoms with Crippen molar-refractivity contribution in [3.63, 3.8) is 0 Å². The van der Waals surface area contributed by atoms with Crippen molar-refractivity contribution >= 4 is 11.9 Å². The van der Waals surface area contributed by atoms with Crippen LogP contribution in [0.4, 0.5) is 0 Å². The Bertz CT molecular complexity index is 966. The summed E-state index contributed by atoms with van der Waals surface area (Å²) >= 11 is 0. The molecule has 2 heterocycles. The van der Waals surface area contributed by atoms with Crippen molar-refractivity contribution in [1.29, 1.82) is 5.26 Å². The molecule has 0 N–H and O–H groups in total. The SMILES string of the molecule is CCOC(=O)c1cnn(-c2ccc(C(=O)N3CCN(C(C#N)C(C)C)CC3)cc2)c1C. The molecular formula is C23H29N5O3. The lowest BCUT2D eigenvalue weighted by molar-refractivity contribution is 0.0524. The zero-order chi connectivity index (χ0) is 22.5. The maximum Gasteiger partial charge on any atom is 0.341 e. The quantitative estimate of drug-likeness (QED) is 0.664. The average molecular weight is 424 g/mol. The van der Waals surface area contributed by atoms with E-state index in [9.17, 15) is 14.9 Å². The van der Waals surface area contributed by atoms with Gasteiger partial charge >= 0.3 is 5.97 Å². The molecule has 1 unspecified atom stereocenters. The number of nitriles is 1. The molecule has 1 aliphatic heterocycles. The number of nitrogens with zero attached hydrogens (tertiary/aromatic N) is 5. The highest BCUT2D eigenvalue weighted by atomic mass is 16.5. The molecule has 1 aromatic heterocycles. The van der Waals surface area contributed by atoms with Crippen LogP contribution >= 0.6 is 0 Å². The first-order valence-corrected chi connectivity index (χ1v) is 10.6. The molecule has 1 aromatic carbocycles. The number of hydrogen-bond acceptors (Lipinski definition) is 6. The molecule has 31 heavy (non-hydrogen) atoms. The summed E-state index contributed by atoms with van der Waals surface area (Å²) in [6.45, 7) is 10.6. The minimum absolute atomic E-state index is 0.0198. The molecule has 0 radical (unpaired) electrons. The number of piperazine rings is 1. The summed E-state index contributed by atoms with van der Waals surface area (Å²) in [5.41, 5.74) is 2.49. The minimum atomic E-state index is -0.395. The van der Waals surface area contributed by atoms with Gasteiger partial charge in [-0.25, -0.2) is 9.48 Å². The summed E-state index contributed by atoms with van der Waals surface area (Å²) in [7, 11) is 0. The standard InChI is InChI=1S/C23H29N5O3/c1-5-31-23(30)20-15-25-28(17(20)4)19-8-6-18(7-9-19)22(29)27-12-10-26(11-13-27)21(14-24)16(2)3/h6-9,15-16,21H,5,10-13H2,1-4H3. The van der Waals surface area contributed by atoms with Crippen LogP contribution in [0.3, 0.4) is 0 Å². The van der Waals surface area contributed by atoms with E-state index < -0.39 is 5.97 Å². The summed E-state index contributed by atoms with van der Waals surface area (Å²) in [4.78, 5) is 28.9. The van der Waals surface area contributed by atoms with E-state index in [1.807, 2.05) is 37.8 Å². The fourth-order valence-electron chi connectivity index (χ4n) is 3.86. The number of carbonyl (C=O) groups excluding carboxylic acids is 2. The van der Waals surface area contributed by atoms with Crippen LogP contribution in [0.2, 0.25) is 0 Å². The monoisotopic (exact) mass is 423 g/mol. The Morgan fingerprint density at radius 3 is 2.35 bits per heavy atom. The Balaban J connectivity index is 1.67. The molecule has 0 saturated carbocycles. The highest BCUT2D eigenvalue weighted by molar-refractivity contribution is 5.94. The van der Waals surface area contributed by atoms with Crippen molar-refractivity contribution in [2.24, 2.45) is 5.92 Å². The number of aromatic nitrogens is 2. The van der Waals surface area contributed by atoms with Gasteiger partial charge in [-0.2, -0.15) is 10.4 Å². The van der Waals surface area contributed by atoms with E-state index in [-0.39, 0.29) is 17.9 Å². The average Bonchev–Trinajstić information content (AvgIpc) is 3.15. The number of rotatable bonds is 6. The molecule has 1 atom stereocenters. The van der Waals surface area contributed by atoms with Crippen molar-refractivity contribution in [2.75, 3.05) is 32.8 Å². The van der Waals surface area contributed by atoms with Gasteiger partial charge in [-0.1, -0.05) is 13.8 Å². The number of carbonyl (C=O) groups is 2. The topological polar surface area (TPSA) is 91.5 Å². The van der Waals surface area contributed by atoms with Crippen LogP contribution in [0.1, 0.15) is 47.2 Å². The highest BCUT2D eigenvalue weighted by Crippen LogP contribution is 2.18. The predicted octanol–water partition coefficient (Wildman–Crippen LogP) is 2.66. The highest BCUT2D eigenvalue weighted by Gasteiger charge is 2.28. The number of hydrogen-bond donors (Lipinski definition) is 0. The van der Waals surface area contributed by atoms with Crippen LogP contribution < -0.4 is 0 Å². The third-order valence-electron chi connectivity index (χ3n) is 5.62. The number of benzene rings is 1. The first-order chi connectivity index (χ1) is 14.9. The van der Waals surface area contributed by atoms with Crippen LogP contribution in [0, 0.1) is 24.2 Å². The molecule has 0 spiro atoms. The molecule has 1 saturated heterocycles. The van der Waals surface area contributed by atoms with E-state index in [0.717, 1.165) is 5.69 Å². The molecule has 8 heteroatoms. The lowest BCUT2D eigenvalue weighted by Crippen LogP contribution is -2.52. The van der Waals surface area contributed by atoms with E-state index in [1.165, 1.54) is 6.20 Å². The van der Waals surface area contributed by atoms with Gasteiger partial charge in [0.2, 0.25) is 0 Å². The molecule has 2 aromatic rings. The molecule has 1 aliphatic rings. The first kappa shape index (κ1) is 22.5. The van der Waals surface area contributed by atoms with Gasteiger partial charge in [0.25, 0.3) is 5.91 Å². The van der Waals surface area contributed by atoms with Gasteiger partial charge in [0.1, 0.15) is 11.6 Å². The molecule has 1 amide bonds. The second-order valence-corrected chi connectivity index (χ2v) is 7.97. The molecule has 164 valence electrons. The fourth-order valence-corrected chi connectivity index (χ4v) is 3.86. The maximum absolute atomic E-state index is 12.9. The van der Waals surface area contributed by atoms with Crippen molar-refractivity contribution < 1.29 is 14.3 Å². The fraction of sp³-hybridized carbons (Fsp3) is 0.478. The lowest BCUT2D eigenvalue weighted by atomic mass is 10.0. The summed E-state index contributed by atoms with van der Waals surface area (Å²) in [6, 6.07) is 9.46. The predicted molar refractivity (Wildman–Crippen MR) is 116 cm³/mol. The van der Waals surface area contributed by atoms with Gasteiger partial charge in [-0.3, -0.25) is 9.69 Å². The molecule has 3 rings (SSSR count). The Labute approximate surface area is 183 Å². The Morgan fingerprint density at radius 2 is 1.81 bits per heavy atom. The number of ether oxygens (including phenoxy) is 1. The van der Waals surface area contributed by atoms with Crippen LogP contribution in [0.15, 0.2) is 30.5 Å². The van der Waals surface area contributed by atoms with Crippen LogP contribution in [0.25, 0.3) is 5.69 Å². The van der Waals surface area contributed by atoms with E-state index in [2.05, 4.69) is 16.1 Å². The molecule has 0 aliphatic carbocycles. The van der Waals surface area contributed by atoms with E-state index in [4.69, 9.17) is 4.74 Å². The van der Waals surface area contributed by atoms with Gasteiger partial charge in [0.15, 0.2) is 0 Å². The zero-order valence-corrected chi connectivity index (χ0v) is 18.5. The third-order valence-corrected chi connectivity index (χ3v) is 5.62. The second kappa shape index (κ2) is 9.75. The molecule has 1 fully saturated rings. The third kappa shape index (κ3) is 4.78. The van der Waals surface area contributed by atoms with Crippen molar-refractivity contribution in [3.8, 4) is 11.8 Å². The Kier molecular flexibility index (Phi) is 7.08. The van der Waals surface area contributed by atoms with Gasteiger partial charge in [0.05, 0.1) is 30.3 Å². The largest absolute Gasteiger partial charge is 0.462 e. The van der Waals surface area contributed by atoms with Crippen LogP contribution in [-0.4, -0.2) is 70.3 Å². The second-order valence-electron chi connectivity index (χ2n) is 7.97. The summed E-state index contributed by atoms with van der Waals surface area (Å²) in [5.74, 6) is -0.156. The van der Waals surface area contributed by atoms with Gasteiger partial charge < -0.3 is 9.64 Å². The van der Waals surface area contributed by atoms with E-state index in [0.29, 0.717) is 49.6 Å². The molecular weight excluding hydrogens is 394 g/mol. The van der Waals surface area contributed by atoms with E-state index in [1.54, 1.807) is 23.7 Å². The van der Waals surface area contributed by atoms with Gasteiger partial charge in [-0.05, 0) is 44.0 Å². The van der Waals surface area contributed by atoms with Gasteiger partial charge in [-0.15, -0.1) is 0 Å². The Morgan fingerprint density at radius 1 is 1.16 bits per heavy atom. The zero-order valence-electron chi connectivity index (χ0n) is 18.5. The lowest BCUT2D eigenvalue weighted by Gasteiger charge is -2.38. The minimum Gasteiger partial charge on any atom is -0.462 e. The van der Waals surface area contributed by atoms with Crippen LogP contribution in [-0.2, 0) is 4.74 Å². The van der Waals surface area contributed by atoms with Crippen molar-refractivity contribution in [2.45, 2.75) is 33.7 Å². The van der Waals surface area contributed by atoms with Gasteiger partial charge in [0, 0.05) is 31.7 Å². The van der Waals surface area contributed by atoms with E-state index >= 15 is 0 Å². The Hall–Kier alpha value is -3.18. The first-order valence-electron chi connectivity index (χ1n) is 10.6. The number of amides is 1.